The number of benzene rings is 2. The van der Waals surface area contributed by atoms with Gasteiger partial charge in [0, 0.05) is 19.3 Å². The summed E-state index contributed by atoms with van der Waals surface area (Å²) in [6, 6.07) is 21.5. The number of hydrogen-bond donors (Lipinski definition) is 0. The average Bonchev–Trinajstić information content (AvgIpc) is 2.49. The largest absolute Gasteiger partial charge is 0.374 e. The van der Waals surface area contributed by atoms with E-state index in [1.807, 2.05) is 0 Å². The van der Waals surface area contributed by atoms with Crippen LogP contribution in [0.1, 0.15) is 24.0 Å². The molecule has 2 aromatic rings. The standard InChI is InChI=1S/C18H19N/c1-19-14-8-13-17(15-9-4-2-5-10-15)18(19)16-11-6-3-7-12-16/h2-7,9-12H,8,13-14H2,1H3. The van der Waals surface area contributed by atoms with Crippen molar-refractivity contribution < 1.29 is 0 Å². The van der Waals surface area contributed by atoms with E-state index in [4.69, 9.17) is 0 Å². The molecule has 96 valence electrons. The number of hydrogen-bond acceptors (Lipinski definition) is 1. The minimum absolute atomic E-state index is 1.14. The predicted octanol–water partition coefficient (Wildman–Crippen LogP) is 4.28. The molecule has 1 aliphatic rings. The van der Waals surface area contributed by atoms with Crippen molar-refractivity contribution in [2.45, 2.75) is 12.8 Å². The van der Waals surface area contributed by atoms with Crippen molar-refractivity contribution in [3.05, 3.63) is 71.8 Å². The first-order valence-electron chi connectivity index (χ1n) is 6.91. The van der Waals surface area contributed by atoms with Crippen LogP contribution in [0.25, 0.3) is 11.3 Å². The molecular weight excluding hydrogens is 230 g/mol. The average molecular weight is 249 g/mol. The molecule has 0 N–H and O–H groups in total. The van der Waals surface area contributed by atoms with Gasteiger partial charge in [0.1, 0.15) is 0 Å². The highest BCUT2D eigenvalue weighted by atomic mass is 15.1. The van der Waals surface area contributed by atoms with Gasteiger partial charge in [0.2, 0.25) is 0 Å². The van der Waals surface area contributed by atoms with Crippen LogP contribution in [0.3, 0.4) is 0 Å². The zero-order chi connectivity index (χ0) is 13.1. The monoisotopic (exact) mass is 249 g/mol. The third kappa shape index (κ3) is 2.41. The molecule has 0 amide bonds. The minimum Gasteiger partial charge on any atom is -0.374 e. The first-order chi connectivity index (χ1) is 9.36. The summed E-state index contributed by atoms with van der Waals surface area (Å²) in [6.45, 7) is 1.14. The van der Waals surface area contributed by atoms with E-state index in [2.05, 4.69) is 72.6 Å². The molecule has 1 heteroatoms. The van der Waals surface area contributed by atoms with Gasteiger partial charge in [0.05, 0.1) is 0 Å². The maximum atomic E-state index is 2.39. The Balaban J connectivity index is 2.15. The second kappa shape index (κ2) is 5.31. The SMILES string of the molecule is CN1CCCC(c2ccccc2)=C1c1ccccc1. The predicted molar refractivity (Wildman–Crippen MR) is 81.6 cm³/mol. The molecule has 0 bridgehead atoms. The van der Waals surface area contributed by atoms with Gasteiger partial charge in [0.25, 0.3) is 0 Å². The summed E-state index contributed by atoms with van der Waals surface area (Å²) < 4.78 is 0. The van der Waals surface area contributed by atoms with Crippen molar-refractivity contribution >= 4 is 11.3 Å². The Kier molecular flexibility index (Phi) is 3.37. The van der Waals surface area contributed by atoms with Crippen molar-refractivity contribution in [3.8, 4) is 0 Å². The molecule has 19 heavy (non-hydrogen) atoms. The van der Waals surface area contributed by atoms with Crippen LogP contribution in [0.5, 0.6) is 0 Å². The van der Waals surface area contributed by atoms with E-state index in [-0.39, 0.29) is 0 Å². The van der Waals surface area contributed by atoms with Crippen molar-refractivity contribution in [1.82, 2.24) is 4.90 Å². The van der Waals surface area contributed by atoms with Crippen LogP contribution in [-0.2, 0) is 0 Å². The molecule has 0 saturated heterocycles. The van der Waals surface area contributed by atoms with Crippen LogP contribution in [0, 0.1) is 0 Å². The molecule has 1 heterocycles. The normalized spacial score (nSPS) is 15.7. The summed E-state index contributed by atoms with van der Waals surface area (Å²) in [5.41, 5.74) is 5.54. The molecule has 0 aromatic heterocycles. The van der Waals surface area contributed by atoms with E-state index >= 15 is 0 Å². The first kappa shape index (κ1) is 12.0. The van der Waals surface area contributed by atoms with Gasteiger partial charge in [-0.15, -0.1) is 0 Å². The van der Waals surface area contributed by atoms with Gasteiger partial charge in [-0.05, 0) is 29.5 Å². The van der Waals surface area contributed by atoms with Crippen molar-refractivity contribution in [2.24, 2.45) is 0 Å². The molecule has 3 rings (SSSR count). The summed E-state index contributed by atoms with van der Waals surface area (Å²) >= 11 is 0. The summed E-state index contributed by atoms with van der Waals surface area (Å²) in [6.07, 6.45) is 2.40. The van der Waals surface area contributed by atoms with Crippen LogP contribution < -0.4 is 0 Å². The smallest absolute Gasteiger partial charge is 0.0475 e. The number of allylic oxidation sites excluding steroid dienone is 1. The Morgan fingerprint density at radius 2 is 1.37 bits per heavy atom. The van der Waals surface area contributed by atoms with Gasteiger partial charge >= 0.3 is 0 Å². The molecule has 0 saturated carbocycles. The molecule has 0 aliphatic carbocycles. The van der Waals surface area contributed by atoms with Crippen LogP contribution in [0.2, 0.25) is 0 Å². The van der Waals surface area contributed by atoms with Gasteiger partial charge in [-0.1, -0.05) is 60.7 Å². The van der Waals surface area contributed by atoms with E-state index < -0.39 is 0 Å². The highest BCUT2D eigenvalue weighted by Gasteiger charge is 2.19. The zero-order valence-corrected chi connectivity index (χ0v) is 11.3. The Morgan fingerprint density at radius 1 is 0.789 bits per heavy atom. The summed E-state index contributed by atoms with van der Waals surface area (Å²) in [4.78, 5) is 2.39. The quantitative estimate of drug-likeness (QED) is 0.768. The second-order valence-electron chi connectivity index (χ2n) is 5.08. The van der Waals surface area contributed by atoms with E-state index in [0.717, 1.165) is 6.54 Å². The van der Waals surface area contributed by atoms with Crippen LogP contribution >= 0.6 is 0 Å². The minimum atomic E-state index is 1.14. The van der Waals surface area contributed by atoms with Crippen molar-refractivity contribution in [2.75, 3.05) is 13.6 Å². The van der Waals surface area contributed by atoms with E-state index in [1.54, 1.807) is 0 Å². The highest BCUT2D eigenvalue weighted by Crippen LogP contribution is 2.35. The Hall–Kier alpha value is -2.02. The van der Waals surface area contributed by atoms with E-state index in [0.29, 0.717) is 0 Å². The second-order valence-corrected chi connectivity index (χ2v) is 5.08. The fourth-order valence-corrected chi connectivity index (χ4v) is 2.86. The number of rotatable bonds is 2. The lowest BCUT2D eigenvalue weighted by atomic mass is 9.92. The van der Waals surface area contributed by atoms with Crippen molar-refractivity contribution in [1.29, 1.82) is 0 Å². The molecule has 0 atom stereocenters. The molecule has 0 unspecified atom stereocenters. The van der Waals surface area contributed by atoms with E-state index in [9.17, 15) is 0 Å². The fourth-order valence-electron chi connectivity index (χ4n) is 2.86. The fraction of sp³-hybridized carbons (Fsp3) is 0.222. The van der Waals surface area contributed by atoms with Gasteiger partial charge in [-0.25, -0.2) is 0 Å². The van der Waals surface area contributed by atoms with Crippen LogP contribution in [0.4, 0.5) is 0 Å². The van der Waals surface area contributed by atoms with Crippen LogP contribution in [0.15, 0.2) is 60.7 Å². The third-order valence-electron chi connectivity index (χ3n) is 3.76. The Labute approximate surface area is 115 Å². The maximum absolute atomic E-state index is 2.39. The molecule has 2 aromatic carbocycles. The lowest BCUT2D eigenvalue weighted by molar-refractivity contribution is 0.454. The lowest BCUT2D eigenvalue weighted by Crippen LogP contribution is -2.23. The van der Waals surface area contributed by atoms with E-state index in [1.165, 1.54) is 35.2 Å². The highest BCUT2D eigenvalue weighted by molar-refractivity contribution is 5.90. The zero-order valence-electron chi connectivity index (χ0n) is 11.3. The third-order valence-corrected chi connectivity index (χ3v) is 3.76. The molecule has 0 fully saturated rings. The molecule has 1 nitrogen and oxygen atoms in total. The number of nitrogens with zero attached hydrogens (tertiary/aromatic N) is 1. The van der Waals surface area contributed by atoms with Crippen LogP contribution in [-0.4, -0.2) is 18.5 Å². The molecule has 0 radical (unpaired) electrons. The van der Waals surface area contributed by atoms with Gasteiger partial charge in [-0.3, -0.25) is 0 Å². The van der Waals surface area contributed by atoms with Crippen molar-refractivity contribution in [3.63, 3.8) is 0 Å². The van der Waals surface area contributed by atoms with Gasteiger partial charge < -0.3 is 4.90 Å². The maximum Gasteiger partial charge on any atom is 0.0475 e. The Bertz CT molecular complexity index is 569. The summed E-state index contributed by atoms with van der Waals surface area (Å²) in [5, 5.41) is 0. The molecular formula is C18H19N. The molecule has 0 spiro atoms. The summed E-state index contributed by atoms with van der Waals surface area (Å²) in [7, 11) is 2.20. The molecule has 1 aliphatic heterocycles. The first-order valence-corrected chi connectivity index (χ1v) is 6.91. The van der Waals surface area contributed by atoms with Gasteiger partial charge in [0.15, 0.2) is 0 Å². The summed E-state index contributed by atoms with van der Waals surface area (Å²) in [5.74, 6) is 0. The lowest BCUT2D eigenvalue weighted by Gasteiger charge is -2.31. The topological polar surface area (TPSA) is 3.24 Å². The Morgan fingerprint density at radius 3 is 2.00 bits per heavy atom. The van der Waals surface area contributed by atoms with Gasteiger partial charge in [-0.2, -0.15) is 0 Å².